The number of amides is 1. The maximum Gasteiger partial charge on any atom is 0.308 e. The molecule has 0 spiro atoms. The quantitative estimate of drug-likeness (QED) is 0.618. The predicted molar refractivity (Wildman–Crippen MR) is 59.6 cm³/mol. The first kappa shape index (κ1) is 13.9. The molecule has 1 saturated carbocycles. The molecule has 2 atom stereocenters. The van der Waals surface area contributed by atoms with E-state index in [4.69, 9.17) is 14.6 Å². The third kappa shape index (κ3) is 4.70. The number of aliphatic carboxylic acids is 1. The van der Waals surface area contributed by atoms with Gasteiger partial charge in [0.25, 0.3) is 0 Å². The van der Waals surface area contributed by atoms with Gasteiger partial charge in [-0.25, -0.2) is 0 Å². The van der Waals surface area contributed by atoms with E-state index < -0.39 is 11.9 Å². The van der Waals surface area contributed by atoms with Gasteiger partial charge in [0, 0.05) is 13.2 Å². The van der Waals surface area contributed by atoms with Gasteiger partial charge in [0.15, 0.2) is 0 Å². The topological polar surface area (TPSA) is 84.9 Å². The summed E-state index contributed by atoms with van der Waals surface area (Å²) in [6, 6.07) is -0.258. The molecule has 0 saturated heterocycles. The molecule has 17 heavy (non-hydrogen) atoms. The summed E-state index contributed by atoms with van der Waals surface area (Å²) in [6.07, 6.45) is 2.19. The molecule has 1 rings (SSSR count). The number of carboxylic acids is 1. The van der Waals surface area contributed by atoms with Crippen LogP contribution in [0.2, 0.25) is 0 Å². The van der Waals surface area contributed by atoms with Gasteiger partial charge >= 0.3 is 5.97 Å². The van der Waals surface area contributed by atoms with Crippen LogP contribution in [0, 0.1) is 5.92 Å². The van der Waals surface area contributed by atoms with Crippen molar-refractivity contribution in [1.82, 2.24) is 5.32 Å². The molecule has 0 heterocycles. The zero-order chi connectivity index (χ0) is 12.7. The highest BCUT2D eigenvalue weighted by Crippen LogP contribution is 2.25. The van der Waals surface area contributed by atoms with Gasteiger partial charge in [-0.05, 0) is 12.8 Å². The van der Waals surface area contributed by atoms with Crippen LogP contribution in [0.15, 0.2) is 0 Å². The zero-order valence-corrected chi connectivity index (χ0v) is 9.98. The summed E-state index contributed by atoms with van der Waals surface area (Å²) in [5.74, 6) is -1.56. The molecule has 1 fully saturated rings. The van der Waals surface area contributed by atoms with Gasteiger partial charge in [-0.2, -0.15) is 0 Å². The fourth-order valence-corrected chi connectivity index (χ4v) is 1.98. The largest absolute Gasteiger partial charge is 0.481 e. The van der Waals surface area contributed by atoms with Crippen molar-refractivity contribution in [2.24, 2.45) is 5.92 Å². The van der Waals surface area contributed by atoms with E-state index in [1.165, 1.54) is 0 Å². The molecule has 6 nitrogen and oxygen atoms in total. The lowest BCUT2D eigenvalue weighted by molar-refractivity contribution is -0.142. The van der Waals surface area contributed by atoms with Gasteiger partial charge in [-0.15, -0.1) is 0 Å². The van der Waals surface area contributed by atoms with Gasteiger partial charge in [0.1, 0.15) is 6.61 Å². The molecule has 0 aromatic rings. The molecule has 1 aliphatic rings. The molecule has 1 amide bonds. The molecule has 2 N–H and O–H groups in total. The van der Waals surface area contributed by atoms with E-state index in [1.807, 2.05) is 0 Å². The molecule has 1 aliphatic carbocycles. The van der Waals surface area contributed by atoms with Crippen LogP contribution >= 0.6 is 0 Å². The van der Waals surface area contributed by atoms with Gasteiger partial charge in [-0.3, -0.25) is 9.59 Å². The van der Waals surface area contributed by atoms with Crippen molar-refractivity contribution >= 4 is 11.9 Å². The summed E-state index contributed by atoms with van der Waals surface area (Å²) >= 11 is 0. The first-order valence-corrected chi connectivity index (χ1v) is 5.74. The third-order valence-electron chi connectivity index (χ3n) is 2.84. The Labute approximate surface area is 100 Å². The highest BCUT2D eigenvalue weighted by atomic mass is 16.5. The summed E-state index contributed by atoms with van der Waals surface area (Å²) < 4.78 is 9.83. The Hall–Kier alpha value is -1.14. The van der Waals surface area contributed by atoms with Crippen LogP contribution in [0.5, 0.6) is 0 Å². The van der Waals surface area contributed by atoms with Crippen molar-refractivity contribution in [1.29, 1.82) is 0 Å². The summed E-state index contributed by atoms with van der Waals surface area (Å²) in [7, 11) is 1.55. The van der Waals surface area contributed by atoms with Gasteiger partial charge in [0.05, 0.1) is 19.1 Å². The Morgan fingerprint density at radius 3 is 2.76 bits per heavy atom. The van der Waals surface area contributed by atoms with Crippen LogP contribution in [0.1, 0.15) is 19.3 Å². The summed E-state index contributed by atoms with van der Waals surface area (Å²) in [4.78, 5) is 22.4. The molecule has 0 aromatic heterocycles. The lowest BCUT2D eigenvalue weighted by atomic mass is 10.0. The van der Waals surface area contributed by atoms with Crippen molar-refractivity contribution in [3.05, 3.63) is 0 Å². The van der Waals surface area contributed by atoms with Crippen LogP contribution < -0.4 is 5.32 Å². The molecular weight excluding hydrogens is 226 g/mol. The third-order valence-corrected chi connectivity index (χ3v) is 2.84. The fourth-order valence-electron chi connectivity index (χ4n) is 1.98. The van der Waals surface area contributed by atoms with Crippen molar-refractivity contribution in [2.75, 3.05) is 26.9 Å². The number of hydrogen-bond donors (Lipinski definition) is 2. The first-order valence-electron chi connectivity index (χ1n) is 5.74. The second-order valence-corrected chi connectivity index (χ2v) is 4.10. The highest BCUT2D eigenvalue weighted by Gasteiger charge is 2.33. The van der Waals surface area contributed by atoms with Crippen molar-refractivity contribution in [2.45, 2.75) is 25.3 Å². The molecule has 98 valence electrons. The van der Waals surface area contributed by atoms with Crippen LogP contribution in [0.25, 0.3) is 0 Å². The second kappa shape index (κ2) is 7.24. The van der Waals surface area contributed by atoms with E-state index in [2.05, 4.69) is 5.32 Å². The number of ether oxygens (including phenoxy) is 2. The van der Waals surface area contributed by atoms with Crippen LogP contribution in [0.3, 0.4) is 0 Å². The van der Waals surface area contributed by atoms with Crippen molar-refractivity contribution in [3.8, 4) is 0 Å². The van der Waals surface area contributed by atoms with Gasteiger partial charge < -0.3 is 19.9 Å². The van der Waals surface area contributed by atoms with E-state index in [0.717, 1.165) is 12.8 Å². The Morgan fingerprint density at radius 2 is 2.12 bits per heavy atom. The maximum atomic E-state index is 11.5. The Kier molecular flexibility index (Phi) is 5.93. The van der Waals surface area contributed by atoms with E-state index in [9.17, 15) is 9.59 Å². The van der Waals surface area contributed by atoms with Gasteiger partial charge in [0.2, 0.25) is 5.91 Å². The molecule has 0 radical (unpaired) electrons. The lowest BCUT2D eigenvalue weighted by Gasteiger charge is -2.17. The normalized spacial score (nSPS) is 23.6. The standard InChI is InChI=1S/C11H19NO5/c1-16-5-6-17-7-10(13)12-9-4-2-3-8(9)11(14)15/h8-9H,2-7H2,1H3,(H,12,13)(H,14,15). The van der Waals surface area contributed by atoms with Crippen molar-refractivity contribution < 1.29 is 24.2 Å². The number of carboxylic acid groups (broad SMARTS) is 1. The maximum absolute atomic E-state index is 11.5. The average Bonchev–Trinajstić information content (AvgIpc) is 2.72. The Balaban J connectivity index is 2.23. The number of carbonyl (C=O) groups excluding carboxylic acids is 1. The molecular formula is C11H19NO5. The summed E-state index contributed by atoms with van der Waals surface area (Å²) in [5.41, 5.74) is 0. The minimum atomic E-state index is -0.840. The SMILES string of the molecule is COCCOCC(=O)NC1CCCC1C(=O)O. The number of methoxy groups -OCH3 is 1. The first-order chi connectivity index (χ1) is 8.15. The average molecular weight is 245 g/mol. The van der Waals surface area contributed by atoms with Gasteiger partial charge in [-0.1, -0.05) is 6.42 Å². The summed E-state index contributed by atoms with van der Waals surface area (Å²) in [5, 5.41) is 11.6. The number of rotatable bonds is 7. The van der Waals surface area contributed by atoms with E-state index >= 15 is 0 Å². The Bertz CT molecular complexity index is 269. The fraction of sp³-hybridized carbons (Fsp3) is 0.818. The number of hydrogen-bond acceptors (Lipinski definition) is 4. The number of nitrogens with one attached hydrogen (secondary N) is 1. The van der Waals surface area contributed by atoms with Crippen LogP contribution in [-0.2, 0) is 19.1 Å². The number of carbonyl (C=O) groups is 2. The molecule has 0 bridgehead atoms. The summed E-state index contributed by atoms with van der Waals surface area (Å²) in [6.45, 7) is 0.748. The van der Waals surface area contributed by atoms with E-state index in [-0.39, 0.29) is 18.6 Å². The van der Waals surface area contributed by atoms with E-state index in [1.54, 1.807) is 7.11 Å². The van der Waals surface area contributed by atoms with Crippen LogP contribution in [-0.4, -0.2) is 50.0 Å². The highest BCUT2D eigenvalue weighted by molar-refractivity contribution is 5.79. The second-order valence-electron chi connectivity index (χ2n) is 4.10. The predicted octanol–water partition coefficient (Wildman–Crippen LogP) is 0.0189. The minimum Gasteiger partial charge on any atom is -0.481 e. The monoisotopic (exact) mass is 245 g/mol. The lowest BCUT2D eigenvalue weighted by Crippen LogP contribution is -2.41. The Morgan fingerprint density at radius 1 is 1.35 bits per heavy atom. The molecule has 6 heteroatoms. The van der Waals surface area contributed by atoms with Crippen LogP contribution in [0.4, 0.5) is 0 Å². The minimum absolute atomic E-state index is 0.0494. The molecule has 2 unspecified atom stereocenters. The molecule has 0 aliphatic heterocycles. The smallest absolute Gasteiger partial charge is 0.308 e. The van der Waals surface area contributed by atoms with E-state index in [0.29, 0.717) is 19.6 Å². The molecule has 0 aromatic carbocycles. The van der Waals surface area contributed by atoms with Crippen molar-refractivity contribution in [3.63, 3.8) is 0 Å². The zero-order valence-electron chi connectivity index (χ0n) is 9.98.